The highest BCUT2D eigenvalue weighted by Gasteiger charge is 2.11. The van der Waals surface area contributed by atoms with E-state index in [1.807, 2.05) is 16.9 Å². The number of nitrogens with zero attached hydrogens (tertiary/aromatic N) is 2. The first-order valence-corrected chi connectivity index (χ1v) is 7.04. The molecule has 0 aliphatic carbocycles. The smallest absolute Gasteiger partial charge is 0.307 e. The fraction of sp³-hybridized carbons (Fsp3) is 0.667. The second kappa shape index (κ2) is 6.69. The van der Waals surface area contributed by atoms with Crippen LogP contribution >= 0.6 is 11.8 Å². The number of carbonyl (C=O) groups is 1. The normalized spacial score (nSPS) is 14.5. The van der Waals surface area contributed by atoms with E-state index in [1.165, 1.54) is 0 Å². The molecular weight excluding hydrogens is 236 g/mol. The molecule has 1 rings (SSSR count). The molecule has 0 radical (unpaired) electrons. The summed E-state index contributed by atoms with van der Waals surface area (Å²) in [6.07, 6.45) is 3.05. The number of aromatic nitrogens is 2. The van der Waals surface area contributed by atoms with Crippen LogP contribution in [0.3, 0.4) is 0 Å². The third-order valence-electron chi connectivity index (χ3n) is 2.75. The molecule has 0 amide bonds. The molecule has 1 heterocycles. The van der Waals surface area contributed by atoms with Crippen LogP contribution in [-0.2, 0) is 10.5 Å². The Balaban J connectivity index is 2.37. The highest BCUT2D eigenvalue weighted by Crippen LogP contribution is 2.16. The zero-order valence-corrected chi connectivity index (χ0v) is 11.4. The van der Waals surface area contributed by atoms with E-state index >= 15 is 0 Å². The molecular formula is C12H20N2O2S. The van der Waals surface area contributed by atoms with Gasteiger partial charge in [0.15, 0.2) is 0 Å². The van der Waals surface area contributed by atoms with E-state index in [-0.39, 0.29) is 5.92 Å². The summed E-state index contributed by atoms with van der Waals surface area (Å²) in [5.74, 6) is 0.381. The van der Waals surface area contributed by atoms with Crippen LogP contribution in [0.4, 0.5) is 0 Å². The van der Waals surface area contributed by atoms with Crippen LogP contribution in [-0.4, -0.2) is 26.6 Å². The third kappa shape index (κ3) is 4.42. The summed E-state index contributed by atoms with van der Waals surface area (Å²) in [5, 5.41) is 13.2. The number of rotatable bonds is 7. The molecule has 1 N–H and O–H groups in total. The number of carboxylic acids is 1. The Hall–Kier alpha value is -0.970. The van der Waals surface area contributed by atoms with Gasteiger partial charge in [0.2, 0.25) is 0 Å². The van der Waals surface area contributed by atoms with Crippen LogP contribution in [0.1, 0.15) is 38.9 Å². The highest BCUT2D eigenvalue weighted by atomic mass is 32.2. The van der Waals surface area contributed by atoms with Gasteiger partial charge in [-0.1, -0.05) is 13.8 Å². The maximum absolute atomic E-state index is 10.6. The molecule has 2 atom stereocenters. The zero-order valence-electron chi connectivity index (χ0n) is 10.6. The third-order valence-corrected chi connectivity index (χ3v) is 3.98. The van der Waals surface area contributed by atoms with Crippen LogP contribution in [0.5, 0.6) is 0 Å². The van der Waals surface area contributed by atoms with Gasteiger partial charge in [-0.25, -0.2) is 0 Å². The van der Waals surface area contributed by atoms with Gasteiger partial charge >= 0.3 is 5.97 Å². The Labute approximate surface area is 106 Å². The Bertz CT molecular complexity index is 365. The van der Waals surface area contributed by atoms with Crippen molar-refractivity contribution in [2.45, 2.75) is 39.0 Å². The molecule has 96 valence electrons. The summed E-state index contributed by atoms with van der Waals surface area (Å²) in [5.41, 5.74) is 1.02. The lowest BCUT2D eigenvalue weighted by Crippen LogP contribution is -2.12. The van der Waals surface area contributed by atoms with E-state index in [1.54, 1.807) is 18.7 Å². The van der Waals surface area contributed by atoms with Crippen molar-refractivity contribution in [1.29, 1.82) is 0 Å². The van der Waals surface area contributed by atoms with Crippen molar-refractivity contribution >= 4 is 17.7 Å². The second-order valence-corrected chi connectivity index (χ2v) is 5.33. The average molecular weight is 256 g/mol. The van der Waals surface area contributed by atoms with Crippen LogP contribution in [0.15, 0.2) is 12.3 Å². The summed E-state index contributed by atoms with van der Waals surface area (Å²) in [6, 6.07) is 2.43. The maximum Gasteiger partial charge on any atom is 0.307 e. The summed E-state index contributed by atoms with van der Waals surface area (Å²) in [7, 11) is 0. The number of thioether (sulfide) groups is 1. The van der Waals surface area contributed by atoms with E-state index < -0.39 is 5.97 Å². The molecule has 17 heavy (non-hydrogen) atoms. The Kier molecular flexibility index (Phi) is 5.55. The van der Waals surface area contributed by atoms with Crippen molar-refractivity contribution in [1.82, 2.24) is 9.78 Å². The van der Waals surface area contributed by atoms with Gasteiger partial charge in [0.1, 0.15) is 0 Å². The summed E-state index contributed by atoms with van der Waals surface area (Å²) in [6.45, 7) is 6.00. The molecule has 0 aromatic carbocycles. The van der Waals surface area contributed by atoms with Crippen molar-refractivity contribution in [2.75, 3.05) is 5.75 Å². The first-order chi connectivity index (χ1) is 8.04. The molecule has 0 aliphatic heterocycles. The van der Waals surface area contributed by atoms with Crippen molar-refractivity contribution < 1.29 is 9.90 Å². The van der Waals surface area contributed by atoms with Crippen LogP contribution in [0, 0.1) is 5.92 Å². The zero-order chi connectivity index (χ0) is 12.8. The Morgan fingerprint density at radius 1 is 1.59 bits per heavy atom. The van der Waals surface area contributed by atoms with Crippen molar-refractivity contribution in [3.63, 3.8) is 0 Å². The van der Waals surface area contributed by atoms with Gasteiger partial charge in [-0.2, -0.15) is 16.9 Å². The molecule has 0 spiro atoms. The standard InChI is InChI=1S/C12H20N2O2S/c1-4-10(3)14-6-5-11(13-14)8-17-7-9(2)12(15)16/h5-6,9-10H,4,7-8H2,1-3H3,(H,15,16). The second-order valence-electron chi connectivity index (χ2n) is 4.30. The molecule has 0 fully saturated rings. The number of aliphatic carboxylic acids is 1. The summed E-state index contributed by atoms with van der Waals surface area (Å²) >= 11 is 1.62. The average Bonchev–Trinajstić information content (AvgIpc) is 2.76. The minimum atomic E-state index is -0.734. The minimum Gasteiger partial charge on any atom is -0.481 e. The first-order valence-electron chi connectivity index (χ1n) is 5.89. The number of carboxylic acid groups (broad SMARTS) is 1. The molecule has 5 heteroatoms. The maximum atomic E-state index is 10.6. The predicted molar refractivity (Wildman–Crippen MR) is 70.2 cm³/mol. The largest absolute Gasteiger partial charge is 0.481 e. The van der Waals surface area contributed by atoms with Gasteiger partial charge in [-0.3, -0.25) is 9.48 Å². The quantitative estimate of drug-likeness (QED) is 0.815. The summed E-state index contributed by atoms with van der Waals surface area (Å²) in [4.78, 5) is 10.6. The van der Waals surface area contributed by atoms with Crippen molar-refractivity contribution in [2.24, 2.45) is 5.92 Å². The first kappa shape index (κ1) is 14.1. The highest BCUT2D eigenvalue weighted by molar-refractivity contribution is 7.98. The fourth-order valence-corrected chi connectivity index (χ4v) is 2.28. The van der Waals surface area contributed by atoms with Gasteiger partial charge in [-0.05, 0) is 19.4 Å². The van der Waals surface area contributed by atoms with E-state index in [0.717, 1.165) is 17.9 Å². The van der Waals surface area contributed by atoms with Crippen LogP contribution in [0.2, 0.25) is 0 Å². The van der Waals surface area contributed by atoms with Crippen LogP contribution in [0.25, 0.3) is 0 Å². The molecule has 4 nitrogen and oxygen atoms in total. The number of hydrogen-bond acceptors (Lipinski definition) is 3. The van der Waals surface area contributed by atoms with Crippen LogP contribution < -0.4 is 0 Å². The van der Waals surface area contributed by atoms with Gasteiger partial charge < -0.3 is 5.11 Å². The molecule has 2 unspecified atom stereocenters. The van der Waals surface area contributed by atoms with E-state index in [4.69, 9.17) is 5.11 Å². The molecule has 0 aliphatic rings. The number of hydrogen-bond donors (Lipinski definition) is 1. The molecule has 0 saturated heterocycles. The lowest BCUT2D eigenvalue weighted by atomic mass is 10.2. The van der Waals surface area contributed by atoms with Gasteiger partial charge in [0.05, 0.1) is 11.6 Å². The van der Waals surface area contributed by atoms with E-state index in [0.29, 0.717) is 11.8 Å². The monoisotopic (exact) mass is 256 g/mol. The minimum absolute atomic E-state index is 0.295. The van der Waals surface area contributed by atoms with Crippen molar-refractivity contribution in [3.8, 4) is 0 Å². The lowest BCUT2D eigenvalue weighted by molar-refractivity contribution is -0.140. The van der Waals surface area contributed by atoms with E-state index in [2.05, 4.69) is 18.9 Å². The Morgan fingerprint density at radius 2 is 2.29 bits per heavy atom. The fourth-order valence-electron chi connectivity index (χ4n) is 1.30. The topological polar surface area (TPSA) is 55.1 Å². The molecule has 0 saturated carbocycles. The Morgan fingerprint density at radius 3 is 2.88 bits per heavy atom. The SMILES string of the molecule is CCC(C)n1ccc(CSCC(C)C(=O)O)n1. The molecule has 1 aromatic heterocycles. The predicted octanol–water partition coefficient (Wildman–Crippen LogP) is 2.81. The van der Waals surface area contributed by atoms with E-state index in [9.17, 15) is 4.79 Å². The van der Waals surface area contributed by atoms with Crippen molar-refractivity contribution in [3.05, 3.63) is 18.0 Å². The van der Waals surface area contributed by atoms with Gasteiger partial charge in [-0.15, -0.1) is 0 Å². The van der Waals surface area contributed by atoms with Gasteiger partial charge in [0.25, 0.3) is 0 Å². The van der Waals surface area contributed by atoms with Gasteiger partial charge in [0, 0.05) is 23.7 Å². The lowest BCUT2D eigenvalue weighted by Gasteiger charge is -2.08. The molecule has 0 bridgehead atoms. The summed E-state index contributed by atoms with van der Waals surface area (Å²) < 4.78 is 1.97. The molecule has 1 aromatic rings.